The molecule has 1 aromatic heterocycles. The van der Waals surface area contributed by atoms with E-state index in [2.05, 4.69) is 6.07 Å². The number of para-hydroxylation sites is 1. The van der Waals surface area contributed by atoms with Crippen LogP contribution in [-0.2, 0) is 23.8 Å². The molecule has 3 rings (SSSR count). The number of carbonyl (C=O) groups excluding carboxylic acids is 2. The van der Waals surface area contributed by atoms with Gasteiger partial charge < -0.3 is 18.8 Å². The Balaban J connectivity index is 2.03. The number of ether oxygens (including phenoxy) is 3. The Bertz CT molecular complexity index is 977. The SMILES string of the molecule is CCOC(=O)/C(=C/OC1C=C(C)C(=O)O1)n1cc(C#N)c2ccccc21. The van der Waals surface area contributed by atoms with Crippen molar-refractivity contribution in [3.63, 3.8) is 0 Å². The molecule has 2 heterocycles. The fourth-order valence-electron chi connectivity index (χ4n) is 2.58. The van der Waals surface area contributed by atoms with Crippen LogP contribution in [0.2, 0.25) is 0 Å². The molecule has 132 valence electrons. The zero-order valence-corrected chi connectivity index (χ0v) is 14.3. The maximum absolute atomic E-state index is 12.4. The number of fused-ring (bicyclic) bond motifs is 1. The zero-order chi connectivity index (χ0) is 18.7. The molecule has 0 saturated heterocycles. The van der Waals surface area contributed by atoms with Gasteiger partial charge in [-0.2, -0.15) is 5.26 Å². The highest BCUT2D eigenvalue weighted by molar-refractivity contribution is 6.12. The van der Waals surface area contributed by atoms with Crippen LogP contribution < -0.4 is 0 Å². The summed E-state index contributed by atoms with van der Waals surface area (Å²) >= 11 is 0. The van der Waals surface area contributed by atoms with Gasteiger partial charge in [0.1, 0.15) is 12.3 Å². The van der Waals surface area contributed by atoms with Crippen molar-refractivity contribution >= 4 is 28.5 Å². The Hall–Kier alpha value is -3.53. The second-order valence-electron chi connectivity index (χ2n) is 5.52. The third kappa shape index (κ3) is 3.17. The van der Waals surface area contributed by atoms with Crippen LogP contribution in [0.4, 0.5) is 0 Å². The Morgan fingerprint density at radius 2 is 2.19 bits per heavy atom. The predicted molar refractivity (Wildman–Crippen MR) is 92.3 cm³/mol. The Labute approximate surface area is 149 Å². The van der Waals surface area contributed by atoms with E-state index in [9.17, 15) is 14.9 Å². The molecule has 1 aliphatic rings. The molecule has 0 spiro atoms. The first-order valence-electron chi connectivity index (χ1n) is 7.98. The number of hydrogen-bond acceptors (Lipinski definition) is 6. The molecule has 0 aliphatic carbocycles. The van der Waals surface area contributed by atoms with E-state index in [0.717, 1.165) is 0 Å². The number of carbonyl (C=O) groups is 2. The van der Waals surface area contributed by atoms with E-state index in [1.165, 1.54) is 16.9 Å². The molecule has 7 nitrogen and oxygen atoms in total. The summed E-state index contributed by atoms with van der Waals surface area (Å²) in [6.07, 6.45) is 3.32. The van der Waals surface area contributed by atoms with E-state index in [1.807, 2.05) is 6.07 Å². The Morgan fingerprint density at radius 1 is 1.42 bits per heavy atom. The highest BCUT2D eigenvalue weighted by atomic mass is 16.7. The molecular weight excluding hydrogens is 336 g/mol. The Kier molecular flexibility index (Phi) is 4.76. The van der Waals surface area contributed by atoms with Gasteiger partial charge in [0.2, 0.25) is 0 Å². The minimum absolute atomic E-state index is 0.0681. The molecule has 0 bridgehead atoms. The number of hydrogen-bond donors (Lipinski definition) is 0. The molecule has 1 unspecified atom stereocenters. The van der Waals surface area contributed by atoms with Crippen molar-refractivity contribution in [3.8, 4) is 6.07 Å². The van der Waals surface area contributed by atoms with Crippen LogP contribution in [0.5, 0.6) is 0 Å². The maximum atomic E-state index is 12.4. The highest BCUT2D eigenvalue weighted by Gasteiger charge is 2.24. The van der Waals surface area contributed by atoms with Gasteiger partial charge in [0.05, 0.1) is 17.7 Å². The molecule has 1 atom stereocenters. The van der Waals surface area contributed by atoms with E-state index in [1.54, 1.807) is 38.2 Å². The molecule has 0 fully saturated rings. The average Bonchev–Trinajstić information content (AvgIpc) is 3.16. The quantitative estimate of drug-likeness (QED) is 0.467. The van der Waals surface area contributed by atoms with Crippen molar-refractivity contribution in [2.24, 2.45) is 0 Å². The summed E-state index contributed by atoms with van der Waals surface area (Å²) in [6.45, 7) is 3.48. The van der Waals surface area contributed by atoms with Crippen LogP contribution in [0.15, 0.2) is 48.4 Å². The number of esters is 2. The average molecular weight is 352 g/mol. The smallest absolute Gasteiger partial charge is 0.358 e. The van der Waals surface area contributed by atoms with Crippen molar-refractivity contribution in [1.29, 1.82) is 5.26 Å². The molecule has 2 aromatic rings. The predicted octanol–water partition coefficient (Wildman–Crippen LogP) is 2.72. The van der Waals surface area contributed by atoms with E-state index in [0.29, 0.717) is 22.0 Å². The number of cyclic esters (lactones) is 1. The van der Waals surface area contributed by atoms with Gasteiger partial charge in [-0.25, -0.2) is 9.59 Å². The summed E-state index contributed by atoms with van der Waals surface area (Å²) in [5.41, 5.74) is 1.57. The van der Waals surface area contributed by atoms with Crippen LogP contribution in [0, 0.1) is 11.3 Å². The largest absolute Gasteiger partial charge is 0.461 e. The first-order chi connectivity index (χ1) is 12.5. The van der Waals surface area contributed by atoms with E-state index < -0.39 is 18.2 Å². The summed E-state index contributed by atoms with van der Waals surface area (Å²) in [6, 6.07) is 9.29. The standard InChI is InChI=1S/C19H16N2O5/c1-3-24-19(23)16(11-25-17-8-12(2)18(22)26-17)21-10-13(9-20)14-6-4-5-7-15(14)21/h4-8,10-11,17H,3H2,1-2H3/b16-11-. The highest BCUT2D eigenvalue weighted by Crippen LogP contribution is 2.25. The van der Waals surface area contributed by atoms with Crippen LogP contribution in [0.3, 0.4) is 0 Å². The van der Waals surface area contributed by atoms with Gasteiger partial charge in [0.15, 0.2) is 5.70 Å². The fraction of sp³-hybridized carbons (Fsp3) is 0.211. The number of rotatable bonds is 5. The van der Waals surface area contributed by atoms with Gasteiger partial charge >= 0.3 is 11.9 Å². The van der Waals surface area contributed by atoms with Gasteiger partial charge in [0, 0.05) is 23.2 Å². The van der Waals surface area contributed by atoms with Crippen molar-refractivity contribution in [2.45, 2.75) is 20.1 Å². The molecule has 0 radical (unpaired) electrons. The number of nitriles is 1. The molecular formula is C19H16N2O5. The van der Waals surface area contributed by atoms with Crippen LogP contribution >= 0.6 is 0 Å². The minimum Gasteiger partial charge on any atom is -0.461 e. The van der Waals surface area contributed by atoms with Crippen molar-refractivity contribution in [2.75, 3.05) is 6.61 Å². The Morgan fingerprint density at radius 3 is 2.85 bits per heavy atom. The fourth-order valence-corrected chi connectivity index (χ4v) is 2.58. The first kappa shape index (κ1) is 17.3. The van der Waals surface area contributed by atoms with Gasteiger partial charge in [0.25, 0.3) is 6.29 Å². The molecule has 1 aliphatic heterocycles. The van der Waals surface area contributed by atoms with Crippen LogP contribution in [-0.4, -0.2) is 29.4 Å². The third-order valence-corrected chi connectivity index (χ3v) is 3.82. The maximum Gasteiger partial charge on any atom is 0.358 e. The third-order valence-electron chi connectivity index (χ3n) is 3.82. The number of benzene rings is 1. The van der Waals surface area contributed by atoms with Crippen molar-refractivity contribution in [3.05, 3.63) is 53.9 Å². The van der Waals surface area contributed by atoms with Crippen molar-refractivity contribution in [1.82, 2.24) is 4.57 Å². The van der Waals surface area contributed by atoms with Gasteiger partial charge in [-0.15, -0.1) is 0 Å². The molecule has 1 aromatic carbocycles. The molecule has 7 heteroatoms. The van der Waals surface area contributed by atoms with Gasteiger partial charge in [-0.3, -0.25) is 0 Å². The lowest BCUT2D eigenvalue weighted by Crippen LogP contribution is -2.15. The monoisotopic (exact) mass is 352 g/mol. The van der Waals surface area contributed by atoms with Crippen LogP contribution in [0.1, 0.15) is 19.4 Å². The summed E-state index contributed by atoms with van der Waals surface area (Å²) in [7, 11) is 0. The van der Waals surface area contributed by atoms with E-state index >= 15 is 0 Å². The molecule has 0 N–H and O–H groups in total. The van der Waals surface area contributed by atoms with E-state index in [4.69, 9.17) is 14.2 Å². The molecule has 0 saturated carbocycles. The lowest BCUT2D eigenvalue weighted by atomic mass is 10.2. The summed E-state index contributed by atoms with van der Waals surface area (Å²) < 4.78 is 17.1. The molecule has 26 heavy (non-hydrogen) atoms. The number of nitrogens with zero attached hydrogens (tertiary/aromatic N) is 2. The topological polar surface area (TPSA) is 90.5 Å². The normalized spacial score (nSPS) is 16.8. The lowest BCUT2D eigenvalue weighted by molar-refractivity contribution is -0.152. The summed E-state index contributed by atoms with van der Waals surface area (Å²) in [5.74, 6) is -1.10. The second-order valence-corrected chi connectivity index (χ2v) is 5.52. The first-order valence-corrected chi connectivity index (χ1v) is 7.98. The van der Waals surface area contributed by atoms with E-state index in [-0.39, 0.29) is 12.3 Å². The molecule has 0 amide bonds. The lowest BCUT2D eigenvalue weighted by Gasteiger charge is -2.12. The van der Waals surface area contributed by atoms with Crippen LogP contribution in [0.25, 0.3) is 16.6 Å². The summed E-state index contributed by atoms with van der Waals surface area (Å²) in [5, 5.41) is 10.0. The van der Waals surface area contributed by atoms with Gasteiger partial charge in [-0.05, 0) is 19.9 Å². The second kappa shape index (κ2) is 7.15. The summed E-state index contributed by atoms with van der Waals surface area (Å²) in [4.78, 5) is 23.8. The minimum atomic E-state index is -0.913. The number of aromatic nitrogens is 1. The zero-order valence-electron chi connectivity index (χ0n) is 14.3. The van der Waals surface area contributed by atoms with Gasteiger partial charge in [-0.1, -0.05) is 18.2 Å². The van der Waals surface area contributed by atoms with Crippen molar-refractivity contribution < 1.29 is 23.8 Å².